The number of sulfonamides is 1. The molecule has 158 valence electrons. The lowest BCUT2D eigenvalue weighted by Gasteiger charge is -2.23. The number of benzene rings is 1. The highest BCUT2D eigenvalue weighted by molar-refractivity contribution is 7.88. The van der Waals surface area contributed by atoms with Crippen LogP contribution in [0.5, 0.6) is 5.75 Å². The van der Waals surface area contributed by atoms with E-state index in [4.69, 9.17) is 4.74 Å². The van der Waals surface area contributed by atoms with Crippen LogP contribution in [-0.2, 0) is 10.0 Å². The maximum atomic E-state index is 14.6. The summed E-state index contributed by atoms with van der Waals surface area (Å²) in [6.07, 6.45) is 5.04. The van der Waals surface area contributed by atoms with Crippen molar-refractivity contribution in [1.29, 1.82) is 0 Å². The highest BCUT2D eigenvalue weighted by Crippen LogP contribution is 2.33. The number of nitrogens with zero attached hydrogens (tertiary/aromatic N) is 3. The van der Waals surface area contributed by atoms with Crippen LogP contribution in [0.4, 0.5) is 4.39 Å². The van der Waals surface area contributed by atoms with E-state index in [2.05, 4.69) is 15.0 Å². The number of ether oxygens (including phenoxy) is 1. The van der Waals surface area contributed by atoms with Gasteiger partial charge in [-0.15, -0.1) is 0 Å². The second-order valence-electron chi connectivity index (χ2n) is 7.58. The Morgan fingerprint density at radius 3 is 2.70 bits per heavy atom. The van der Waals surface area contributed by atoms with Crippen molar-refractivity contribution in [2.24, 2.45) is 0 Å². The Hall–Kier alpha value is -2.78. The van der Waals surface area contributed by atoms with Crippen LogP contribution in [0.3, 0.4) is 0 Å². The van der Waals surface area contributed by atoms with Crippen molar-refractivity contribution in [3.05, 3.63) is 48.2 Å². The van der Waals surface area contributed by atoms with Gasteiger partial charge in [0.2, 0.25) is 10.0 Å². The summed E-state index contributed by atoms with van der Waals surface area (Å²) in [6.45, 7) is 4.56. The van der Waals surface area contributed by atoms with E-state index >= 15 is 0 Å². The molecule has 0 saturated heterocycles. The standard InChI is InChI=1S/C21H23FN4O3S/c1-13(2)29-15-4-5-18(22)16(10-15)20-17-11-19(25-21(17)24-12-23-20)14-6-8-26(9-7-14)30(3,27)28/h4-6,10-13H,7-9H2,1-3H3,(H,23,24,25). The van der Waals surface area contributed by atoms with Gasteiger partial charge >= 0.3 is 0 Å². The van der Waals surface area contributed by atoms with Crippen molar-refractivity contribution in [2.75, 3.05) is 19.3 Å². The monoisotopic (exact) mass is 430 g/mol. The summed E-state index contributed by atoms with van der Waals surface area (Å²) in [5.41, 5.74) is 3.23. The second kappa shape index (κ2) is 7.81. The van der Waals surface area contributed by atoms with Crippen LogP contribution >= 0.6 is 0 Å². The number of H-pyrrole nitrogens is 1. The Balaban J connectivity index is 1.73. The summed E-state index contributed by atoms with van der Waals surface area (Å²) in [6, 6.07) is 6.51. The zero-order chi connectivity index (χ0) is 21.5. The largest absolute Gasteiger partial charge is 0.491 e. The molecule has 0 unspecified atom stereocenters. The zero-order valence-electron chi connectivity index (χ0n) is 17.0. The first-order chi connectivity index (χ1) is 14.2. The van der Waals surface area contributed by atoms with Gasteiger partial charge in [0.25, 0.3) is 0 Å². The zero-order valence-corrected chi connectivity index (χ0v) is 17.8. The molecule has 9 heteroatoms. The summed E-state index contributed by atoms with van der Waals surface area (Å²) in [5.74, 6) is 0.175. The number of halogens is 1. The topological polar surface area (TPSA) is 88.2 Å². The van der Waals surface area contributed by atoms with Gasteiger partial charge in [0.15, 0.2) is 0 Å². The first-order valence-corrected chi connectivity index (χ1v) is 11.5. The summed E-state index contributed by atoms with van der Waals surface area (Å²) < 4.78 is 45.2. The minimum Gasteiger partial charge on any atom is -0.491 e. The molecule has 1 aromatic carbocycles. The van der Waals surface area contributed by atoms with E-state index in [1.54, 1.807) is 12.1 Å². The van der Waals surface area contributed by atoms with Crippen LogP contribution < -0.4 is 4.74 Å². The van der Waals surface area contributed by atoms with Crippen molar-refractivity contribution >= 4 is 26.6 Å². The number of hydrogen-bond donors (Lipinski definition) is 1. The summed E-state index contributed by atoms with van der Waals surface area (Å²) in [7, 11) is -3.21. The van der Waals surface area contributed by atoms with E-state index in [9.17, 15) is 12.8 Å². The quantitative estimate of drug-likeness (QED) is 0.668. The molecule has 1 aliphatic heterocycles. The van der Waals surface area contributed by atoms with Gasteiger partial charge < -0.3 is 9.72 Å². The fourth-order valence-corrected chi connectivity index (χ4v) is 4.32. The predicted molar refractivity (Wildman–Crippen MR) is 114 cm³/mol. The Labute approximate surface area is 174 Å². The number of fused-ring (bicyclic) bond motifs is 1. The van der Waals surface area contributed by atoms with Gasteiger partial charge in [-0.3, -0.25) is 0 Å². The molecule has 0 aliphatic carbocycles. The van der Waals surface area contributed by atoms with Crippen molar-refractivity contribution in [2.45, 2.75) is 26.4 Å². The number of nitrogens with one attached hydrogen (secondary N) is 1. The van der Waals surface area contributed by atoms with E-state index in [0.717, 1.165) is 11.3 Å². The molecule has 0 atom stereocenters. The van der Waals surface area contributed by atoms with Crippen LogP contribution in [-0.4, -0.2) is 53.1 Å². The summed E-state index contributed by atoms with van der Waals surface area (Å²) in [4.78, 5) is 11.9. The molecule has 30 heavy (non-hydrogen) atoms. The fourth-order valence-electron chi connectivity index (χ4n) is 3.56. The molecule has 0 saturated carbocycles. The number of aromatic amines is 1. The minimum absolute atomic E-state index is 0.0303. The van der Waals surface area contributed by atoms with Gasteiger partial charge in [0, 0.05) is 29.7 Å². The molecule has 2 aromatic heterocycles. The molecule has 3 aromatic rings. The highest BCUT2D eigenvalue weighted by atomic mass is 32.2. The molecule has 0 spiro atoms. The molecular weight excluding hydrogens is 407 g/mol. The van der Waals surface area contributed by atoms with Crippen LogP contribution in [0, 0.1) is 5.82 Å². The molecule has 0 amide bonds. The maximum Gasteiger partial charge on any atom is 0.211 e. The molecule has 0 bridgehead atoms. The normalized spacial score (nSPS) is 15.6. The van der Waals surface area contributed by atoms with Crippen LogP contribution in [0.15, 0.2) is 36.7 Å². The highest BCUT2D eigenvalue weighted by Gasteiger charge is 2.22. The smallest absolute Gasteiger partial charge is 0.211 e. The van der Waals surface area contributed by atoms with Crippen LogP contribution in [0.25, 0.3) is 27.9 Å². The Morgan fingerprint density at radius 2 is 2.03 bits per heavy atom. The Bertz CT molecular complexity index is 1230. The third-order valence-corrected chi connectivity index (χ3v) is 6.25. The van der Waals surface area contributed by atoms with Crippen molar-refractivity contribution in [3.8, 4) is 17.0 Å². The lowest BCUT2D eigenvalue weighted by Crippen LogP contribution is -2.33. The van der Waals surface area contributed by atoms with Crippen molar-refractivity contribution in [1.82, 2.24) is 19.3 Å². The van der Waals surface area contributed by atoms with Crippen LogP contribution in [0.1, 0.15) is 26.0 Å². The van der Waals surface area contributed by atoms with Gasteiger partial charge in [-0.1, -0.05) is 6.08 Å². The lowest BCUT2D eigenvalue weighted by atomic mass is 10.0. The van der Waals surface area contributed by atoms with Gasteiger partial charge in [-0.25, -0.2) is 22.8 Å². The van der Waals surface area contributed by atoms with E-state index in [1.807, 2.05) is 26.0 Å². The first-order valence-electron chi connectivity index (χ1n) is 9.67. The average Bonchev–Trinajstić information content (AvgIpc) is 3.13. The predicted octanol–water partition coefficient (Wildman–Crippen LogP) is 3.60. The fraction of sp³-hybridized carbons (Fsp3) is 0.333. The van der Waals surface area contributed by atoms with Gasteiger partial charge in [0.1, 0.15) is 23.5 Å². The van der Waals surface area contributed by atoms with Gasteiger partial charge in [0.05, 0.1) is 18.1 Å². The molecule has 0 fully saturated rings. The SMILES string of the molecule is CC(C)Oc1ccc(F)c(-c2ncnc3[nH]c(C4=CCN(S(C)(=O)=O)CC4)cc23)c1. The van der Waals surface area contributed by atoms with Crippen molar-refractivity contribution in [3.63, 3.8) is 0 Å². The lowest BCUT2D eigenvalue weighted by molar-refractivity contribution is 0.242. The van der Waals surface area contributed by atoms with Gasteiger partial charge in [-0.2, -0.15) is 4.31 Å². The number of hydrogen-bond acceptors (Lipinski definition) is 5. The van der Waals surface area contributed by atoms with E-state index in [1.165, 1.54) is 23.0 Å². The number of aromatic nitrogens is 3. The third kappa shape index (κ3) is 4.08. The molecule has 1 N–H and O–H groups in total. The van der Waals surface area contributed by atoms with Crippen molar-refractivity contribution < 1.29 is 17.5 Å². The third-order valence-electron chi connectivity index (χ3n) is 4.98. The van der Waals surface area contributed by atoms with E-state index in [0.29, 0.717) is 47.6 Å². The molecule has 3 heterocycles. The number of rotatable bonds is 5. The molecule has 1 aliphatic rings. The molecule has 4 rings (SSSR count). The summed E-state index contributed by atoms with van der Waals surface area (Å²) >= 11 is 0. The first kappa shape index (κ1) is 20.5. The summed E-state index contributed by atoms with van der Waals surface area (Å²) in [5, 5.41) is 0.694. The van der Waals surface area contributed by atoms with E-state index < -0.39 is 15.8 Å². The molecular formula is C21H23FN4O3S. The van der Waals surface area contributed by atoms with Gasteiger partial charge in [-0.05, 0) is 50.1 Å². The minimum atomic E-state index is -3.21. The average molecular weight is 431 g/mol. The van der Waals surface area contributed by atoms with E-state index in [-0.39, 0.29) is 6.10 Å². The Kier molecular flexibility index (Phi) is 5.33. The molecule has 7 nitrogen and oxygen atoms in total. The second-order valence-corrected chi connectivity index (χ2v) is 9.56. The Morgan fingerprint density at radius 1 is 1.23 bits per heavy atom. The molecule has 0 radical (unpaired) electrons. The maximum absolute atomic E-state index is 14.6. The van der Waals surface area contributed by atoms with Crippen LogP contribution in [0.2, 0.25) is 0 Å².